The molecule has 1 unspecified atom stereocenters. The average molecular weight is 279 g/mol. The van der Waals surface area contributed by atoms with Crippen molar-refractivity contribution in [3.8, 4) is 0 Å². The van der Waals surface area contributed by atoms with Gasteiger partial charge >= 0.3 is 0 Å². The zero-order valence-corrected chi connectivity index (χ0v) is 12.7. The van der Waals surface area contributed by atoms with Gasteiger partial charge in [0.1, 0.15) is 0 Å². The first kappa shape index (κ1) is 14.4. The molecular formula is C15H25N3S. The summed E-state index contributed by atoms with van der Waals surface area (Å²) in [5.41, 5.74) is 6.09. The first-order valence-electron chi connectivity index (χ1n) is 7.30. The van der Waals surface area contributed by atoms with Crippen LogP contribution < -0.4 is 11.1 Å². The van der Waals surface area contributed by atoms with Crippen molar-refractivity contribution >= 4 is 17.3 Å². The summed E-state index contributed by atoms with van der Waals surface area (Å²) in [5, 5.41) is 5.52. The van der Waals surface area contributed by atoms with E-state index in [1.807, 2.05) is 0 Å². The molecule has 106 valence electrons. The summed E-state index contributed by atoms with van der Waals surface area (Å²) in [6.07, 6.45) is 6.31. The van der Waals surface area contributed by atoms with Gasteiger partial charge in [0.05, 0.1) is 12.1 Å². The standard InChI is InChI=1S/C15H25N3S/c1-11(2)14(13-9-6-10-19-13)18-15(16)17-12-7-4-3-5-8-12/h6,9-12,14H,3-5,7-8H2,1-2H3,(H3,16,17,18). The summed E-state index contributed by atoms with van der Waals surface area (Å²) < 4.78 is 0. The van der Waals surface area contributed by atoms with E-state index in [1.54, 1.807) is 11.3 Å². The number of rotatable bonds is 4. The predicted molar refractivity (Wildman–Crippen MR) is 83.5 cm³/mol. The van der Waals surface area contributed by atoms with Crippen molar-refractivity contribution in [2.45, 2.75) is 58.0 Å². The van der Waals surface area contributed by atoms with Crippen LogP contribution in [0.2, 0.25) is 0 Å². The normalized spacial score (nSPS) is 19.6. The fraction of sp³-hybridized carbons (Fsp3) is 0.667. The van der Waals surface area contributed by atoms with Crippen LogP contribution in [0.15, 0.2) is 22.5 Å². The zero-order valence-electron chi connectivity index (χ0n) is 11.9. The molecule has 0 spiro atoms. The monoisotopic (exact) mass is 279 g/mol. The second-order valence-electron chi connectivity index (χ2n) is 5.69. The Morgan fingerprint density at radius 3 is 2.68 bits per heavy atom. The molecule has 1 aliphatic carbocycles. The van der Waals surface area contributed by atoms with Gasteiger partial charge in [0.25, 0.3) is 0 Å². The lowest BCUT2D eigenvalue weighted by atomic mass is 9.96. The fourth-order valence-electron chi connectivity index (χ4n) is 2.64. The van der Waals surface area contributed by atoms with Crippen molar-refractivity contribution in [1.82, 2.24) is 5.32 Å². The molecule has 0 saturated heterocycles. The average Bonchev–Trinajstić information content (AvgIpc) is 2.90. The summed E-state index contributed by atoms with van der Waals surface area (Å²) in [6.45, 7) is 4.43. The minimum absolute atomic E-state index is 0.271. The number of hydrogen-bond donors (Lipinski definition) is 2. The van der Waals surface area contributed by atoms with Crippen LogP contribution in [0.5, 0.6) is 0 Å². The molecule has 0 bridgehead atoms. The number of nitrogens with two attached hydrogens (primary N) is 1. The van der Waals surface area contributed by atoms with Gasteiger partial charge in [-0.1, -0.05) is 39.2 Å². The Morgan fingerprint density at radius 2 is 2.11 bits per heavy atom. The van der Waals surface area contributed by atoms with E-state index in [-0.39, 0.29) is 6.04 Å². The van der Waals surface area contributed by atoms with Crippen LogP contribution >= 0.6 is 11.3 Å². The lowest BCUT2D eigenvalue weighted by Gasteiger charge is -2.24. The Hall–Kier alpha value is -1.03. The highest BCUT2D eigenvalue weighted by molar-refractivity contribution is 7.10. The van der Waals surface area contributed by atoms with Crippen molar-refractivity contribution < 1.29 is 0 Å². The molecule has 1 saturated carbocycles. The van der Waals surface area contributed by atoms with E-state index in [0.717, 1.165) is 0 Å². The van der Waals surface area contributed by atoms with Crippen LogP contribution in [-0.4, -0.2) is 12.0 Å². The van der Waals surface area contributed by atoms with Gasteiger partial charge in [-0.2, -0.15) is 0 Å². The fourth-order valence-corrected chi connectivity index (χ4v) is 3.59. The van der Waals surface area contributed by atoms with Gasteiger partial charge in [-0.15, -0.1) is 11.3 Å². The van der Waals surface area contributed by atoms with Gasteiger partial charge in [-0.3, -0.25) is 4.99 Å². The van der Waals surface area contributed by atoms with Crippen molar-refractivity contribution in [2.75, 3.05) is 0 Å². The summed E-state index contributed by atoms with van der Waals surface area (Å²) in [5.74, 6) is 1.11. The molecule has 3 N–H and O–H groups in total. The van der Waals surface area contributed by atoms with Crippen LogP contribution in [-0.2, 0) is 0 Å². The van der Waals surface area contributed by atoms with E-state index < -0.39 is 0 Å². The maximum atomic E-state index is 6.09. The lowest BCUT2D eigenvalue weighted by molar-refractivity contribution is 0.436. The Kier molecular flexibility index (Phi) is 5.25. The molecule has 0 amide bonds. The predicted octanol–water partition coefficient (Wildman–Crippen LogP) is 3.68. The molecule has 0 radical (unpaired) electrons. The highest BCUT2D eigenvalue weighted by Crippen LogP contribution is 2.26. The van der Waals surface area contributed by atoms with E-state index in [1.165, 1.54) is 37.0 Å². The summed E-state index contributed by atoms with van der Waals surface area (Å²) in [6, 6.07) is 4.95. The minimum atomic E-state index is 0.271. The molecule has 19 heavy (non-hydrogen) atoms. The van der Waals surface area contributed by atoms with E-state index >= 15 is 0 Å². The van der Waals surface area contributed by atoms with Gasteiger partial charge in [0.2, 0.25) is 0 Å². The molecule has 1 heterocycles. The number of guanidine groups is 1. The molecule has 1 atom stereocenters. The Bertz CT molecular complexity index is 392. The number of aliphatic imine (C=N–C) groups is 1. The van der Waals surface area contributed by atoms with Crippen LogP contribution in [0.25, 0.3) is 0 Å². The van der Waals surface area contributed by atoms with Gasteiger partial charge in [-0.25, -0.2) is 0 Å². The number of hydrogen-bond acceptors (Lipinski definition) is 2. The smallest absolute Gasteiger partial charge is 0.189 e. The van der Waals surface area contributed by atoms with Crippen LogP contribution in [0.4, 0.5) is 0 Å². The molecule has 1 aliphatic rings. The summed E-state index contributed by atoms with van der Waals surface area (Å²) >= 11 is 1.77. The van der Waals surface area contributed by atoms with Crippen molar-refractivity contribution in [3.05, 3.63) is 22.4 Å². The third-order valence-electron chi connectivity index (χ3n) is 3.72. The molecule has 3 nitrogen and oxygen atoms in total. The van der Waals surface area contributed by atoms with Crippen LogP contribution in [0.3, 0.4) is 0 Å². The maximum Gasteiger partial charge on any atom is 0.189 e. The summed E-state index contributed by atoms with van der Waals surface area (Å²) in [4.78, 5) is 5.99. The topological polar surface area (TPSA) is 50.4 Å². The molecular weight excluding hydrogens is 254 g/mol. The van der Waals surface area contributed by atoms with E-state index in [2.05, 4.69) is 41.7 Å². The molecule has 4 heteroatoms. The third-order valence-corrected chi connectivity index (χ3v) is 4.67. The van der Waals surface area contributed by atoms with E-state index in [9.17, 15) is 0 Å². The number of thiophene rings is 1. The minimum Gasteiger partial charge on any atom is -0.370 e. The Morgan fingerprint density at radius 1 is 1.37 bits per heavy atom. The Balaban J connectivity index is 1.98. The van der Waals surface area contributed by atoms with Gasteiger partial charge in [0.15, 0.2) is 5.96 Å². The second kappa shape index (κ2) is 6.94. The number of nitrogens with one attached hydrogen (secondary N) is 1. The van der Waals surface area contributed by atoms with Crippen LogP contribution in [0.1, 0.15) is 56.9 Å². The van der Waals surface area contributed by atoms with E-state index in [0.29, 0.717) is 17.9 Å². The molecule has 2 rings (SSSR count). The lowest BCUT2D eigenvalue weighted by Crippen LogP contribution is -2.38. The number of nitrogens with zero attached hydrogens (tertiary/aromatic N) is 1. The molecule has 1 aromatic heterocycles. The van der Waals surface area contributed by atoms with Gasteiger partial charge in [-0.05, 0) is 30.2 Å². The largest absolute Gasteiger partial charge is 0.370 e. The van der Waals surface area contributed by atoms with Crippen molar-refractivity contribution in [1.29, 1.82) is 0 Å². The molecule has 1 fully saturated rings. The van der Waals surface area contributed by atoms with Crippen molar-refractivity contribution in [2.24, 2.45) is 16.6 Å². The van der Waals surface area contributed by atoms with Gasteiger partial charge < -0.3 is 11.1 Å². The first-order chi connectivity index (χ1) is 9.16. The summed E-state index contributed by atoms with van der Waals surface area (Å²) in [7, 11) is 0. The van der Waals surface area contributed by atoms with E-state index in [4.69, 9.17) is 5.73 Å². The second-order valence-corrected chi connectivity index (χ2v) is 6.67. The molecule has 0 aromatic carbocycles. The molecule has 0 aliphatic heterocycles. The first-order valence-corrected chi connectivity index (χ1v) is 8.18. The maximum absolute atomic E-state index is 6.09. The SMILES string of the molecule is CC(C)C(NC(N)=NC1CCCCC1)c1cccs1. The van der Waals surface area contributed by atoms with Crippen molar-refractivity contribution in [3.63, 3.8) is 0 Å². The highest BCUT2D eigenvalue weighted by atomic mass is 32.1. The zero-order chi connectivity index (χ0) is 13.7. The quantitative estimate of drug-likeness (QED) is 0.652. The third kappa shape index (κ3) is 4.23. The highest BCUT2D eigenvalue weighted by Gasteiger charge is 2.18. The van der Waals surface area contributed by atoms with Crippen LogP contribution in [0, 0.1) is 5.92 Å². The molecule has 1 aromatic rings. The Labute approximate surface area is 120 Å². The van der Waals surface area contributed by atoms with Gasteiger partial charge in [0, 0.05) is 4.88 Å².